The number of hydrogen-bond donors (Lipinski definition) is 1. The monoisotopic (exact) mass is 328 g/mol. The van der Waals surface area contributed by atoms with Gasteiger partial charge in [-0.25, -0.2) is 9.67 Å². The Balaban J connectivity index is 1.42. The molecule has 5 fully saturated rings. The highest BCUT2D eigenvalue weighted by molar-refractivity contribution is 5.83. The van der Waals surface area contributed by atoms with Crippen LogP contribution in [0.5, 0.6) is 0 Å². The van der Waals surface area contributed by atoms with Crippen LogP contribution in [0.15, 0.2) is 12.7 Å². The Kier molecular flexibility index (Phi) is 3.29. The van der Waals surface area contributed by atoms with Crippen LogP contribution in [0.3, 0.4) is 0 Å². The Morgan fingerprint density at radius 1 is 1.08 bits per heavy atom. The number of carbonyl (C=O) groups is 1. The van der Waals surface area contributed by atoms with Crippen LogP contribution >= 0.6 is 0 Å². The number of amides is 1. The maximum absolute atomic E-state index is 13.3. The summed E-state index contributed by atoms with van der Waals surface area (Å²) in [5.74, 6) is 1.73. The van der Waals surface area contributed by atoms with Crippen LogP contribution in [0.1, 0.15) is 70.6 Å². The first-order valence-corrected chi connectivity index (χ1v) is 9.84. The highest BCUT2D eigenvalue weighted by Crippen LogP contribution is 2.64. The van der Waals surface area contributed by atoms with Gasteiger partial charge in [-0.15, -0.1) is 0 Å². The molecule has 1 heterocycles. The van der Waals surface area contributed by atoms with Gasteiger partial charge in [0.05, 0.1) is 11.0 Å². The SMILES string of the molecule is O=C(NC1CCCCC1)C12C[C@H]3C[C@@H](C1)CC(n1cncn1)(C3)C2. The van der Waals surface area contributed by atoms with Crippen molar-refractivity contribution in [2.75, 3.05) is 0 Å². The van der Waals surface area contributed by atoms with Crippen LogP contribution in [0.2, 0.25) is 0 Å². The zero-order valence-electron chi connectivity index (χ0n) is 14.4. The van der Waals surface area contributed by atoms with Crippen LogP contribution in [-0.4, -0.2) is 26.7 Å². The van der Waals surface area contributed by atoms with E-state index in [1.165, 1.54) is 51.4 Å². The molecule has 1 amide bonds. The van der Waals surface area contributed by atoms with Crippen LogP contribution < -0.4 is 5.32 Å². The summed E-state index contributed by atoms with van der Waals surface area (Å²) >= 11 is 0. The Labute approximate surface area is 143 Å². The molecule has 24 heavy (non-hydrogen) atoms. The lowest BCUT2D eigenvalue weighted by Crippen LogP contribution is -2.61. The van der Waals surface area contributed by atoms with Gasteiger partial charge >= 0.3 is 0 Å². The molecule has 4 bridgehead atoms. The lowest BCUT2D eigenvalue weighted by atomic mass is 9.46. The molecule has 0 radical (unpaired) electrons. The first kappa shape index (κ1) is 14.9. The first-order valence-electron chi connectivity index (χ1n) is 9.84. The fourth-order valence-electron chi connectivity index (χ4n) is 6.79. The Morgan fingerprint density at radius 2 is 1.83 bits per heavy atom. The van der Waals surface area contributed by atoms with E-state index in [0.29, 0.717) is 23.8 Å². The van der Waals surface area contributed by atoms with Gasteiger partial charge in [-0.3, -0.25) is 4.79 Å². The van der Waals surface area contributed by atoms with Crippen LogP contribution in [-0.2, 0) is 10.3 Å². The van der Waals surface area contributed by atoms with Crippen molar-refractivity contribution in [3.63, 3.8) is 0 Å². The smallest absolute Gasteiger partial charge is 0.226 e. The Bertz CT molecular complexity index is 605. The first-order chi connectivity index (χ1) is 11.7. The summed E-state index contributed by atoms with van der Waals surface area (Å²) in [4.78, 5) is 17.5. The number of nitrogens with zero attached hydrogens (tertiary/aromatic N) is 3. The van der Waals surface area contributed by atoms with Gasteiger partial charge in [0, 0.05) is 6.04 Å². The molecule has 0 aromatic carbocycles. The topological polar surface area (TPSA) is 59.8 Å². The fourth-order valence-corrected chi connectivity index (χ4v) is 6.79. The van der Waals surface area contributed by atoms with Crippen LogP contribution in [0.25, 0.3) is 0 Å². The minimum absolute atomic E-state index is 0.0461. The lowest BCUT2D eigenvalue weighted by Gasteiger charge is -2.61. The average Bonchev–Trinajstić information content (AvgIpc) is 3.10. The van der Waals surface area contributed by atoms with E-state index in [4.69, 9.17) is 0 Å². The molecule has 6 rings (SSSR count). The summed E-state index contributed by atoms with van der Waals surface area (Å²) in [6.07, 6.45) is 16.6. The maximum Gasteiger partial charge on any atom is 0.226 e. The van der Waals surface area contributed by atoms with E-state index in [-0.39, 0.29) is 11.0 Å². The van der Waals surface area contributed by atoms with Gasteiger partial charge in [-0.05, 0) is 63.2 Å². The van der Waals surface area contributed by atoms with Crippen molar-refractivity contribution >= 4 is 5.91 Å². The van der Waals surface area contributed by atoms with Crippen molar-refractivity contribution < 1.29 is 4.79 Å². The summed E-state index contributed by atoms with van der Waals surface area (Å²) in [5.41, 5.74) is -0.0992. The molecule has 5 heteroatoms. The molecule has 0 spiro atoms. The van der Waals surface area contributed by atoms with Gasteiger partial charge in [0.25, 0.3) is 0 Å². The van der Waals surface area contributed by atoms with Crippen molar-refractivity contribution in [2.45, 2.75) is 82.2 Å². The molecule has 2 unspecified atom stereocenters. The predicted octanol–water partition coefficient (Wildman–Crippen LogP) is 3.02. The second kappa shape index (κ2) is 5.30. The van der Waals surface area contributed by atoms with E-state index in [2.05, 4.69) is 20.1 Å². The number of aromatic nitrogens is 3. The van der Waals surface area contributed by atoms with E-state index < -0.39 is 0 Å². The van der Waals surface area contributed by atoms with E-state index in [9.17, 15) is 4.79 Å². The van der Waals surface area contributed by atoms with Crippen molar-refractivity contribution in [3.05, 3.63) is 12.7 Å². The highest BCUT2D eigenvalue weighted by Gasteiger charge is 2.61. The van der Waals surface area contributed by atoms with Crippen molar-refractivity contribution in [1.29, 1.82) is 0 Å². The van der Waals surface area contributed by atoms with E-state index in [0.717, 1.165) is 19.3 Å². The molecule has 130 valence electrons. The van der Waals surface area contributed by atoms with E-state index in [1.54, 1.807) is 6.33 Å². The van der Waals surface area contributed by atoms with Crippen molar-refractivity contribution in [3.8, 4) is 0 Å². The third kappa shape index (κ3) is 2.23. The standard InChI is InChI=1S/C19H28N4O/c24-17(22-16-4-2-1-3-5-16)18-7-14-6-15(8-18)10-19(9-14,11-18)23-13-20-12-21-23/h12-16H,1-11H2,(H,22,24)/t14-,15+,18?,19?. The molecule has 5 nitrogen and oxygen atoms in total. The van der Waals surface area contributed by atoms with Crippen LogP contribution in [0, 0.1) is 17.3 Å². The zero-order valence-corrected chi connectivity index (χ0v) is 14.4. The summed E-state index contributed by atoms with van der Waals surface area (Å²) in [6, 6.07) is 0.418. The van der Waals surface area contributed by atoms with Gasteiger partial charge in [-0.1, -0.05) is 19.3 Å². The molecule has 5 saturated carbocycles. The molecule has 1 aromatic rings. The molecule has 0 aliphatic heterocycles. The second-order valence-electron chi connectivity index (χ2n) is 9.11. The van der Waals surface area contributed by atoms with Gasteiger partial charge in [-0.2, -0.15) is 5.10 Å². The summed E-state index contributed by atoms with van der Waals surface area (Å²) in [5, 5.41) is 7.94. The normalized spacial score (nSPS) is 41.5. The predicted molar refractivity (Wildman–Crippen MR) is 90.1 cm³/mol. The summed E-state index contributed by atoms with van der Waals surface area (Å²) in [7, 11) is 0. The fraction of sp³-hybridized carbons (Fsp3) is 0.842. The molecule has 5 aliphatic carbocycles. The van der Waals surface area contributed by atoms with Crippen molar-refractivity contribution in [2.24, 2.45) is 17.3 Å². The van der Waals surface area contributed by atoms with Gasteiger partial charge in [0.2, 0.25) is 5.91 Å². The molecule has 4 atom stereocenters. The molecular weight excluding hydrogens is 300 g/mol. The van der Waals surface area contributed by atoms with Crippen LogP contribution in [0.4, 0.5) is 0 Å². The lowest BCUT2D eigenvalue weighted by molar-refractivity contribution is -0.157. The molecule has 0 saturated heterocycles. The molecule has 1 N–H and O–H groups in total. The van der Waals surface area contributed by atoms with Gasteiger partial charge < -0.3 is 5.32 Å². The minimum atomic E-state index is -0.145. The quantitative estimate of drug-likeness (QED) is 0.928. The number of hydrogen-bond acceptors (Lipinski definition) is 3. The average molecular weight is 328 g/mol. The molecular formula is C19H28N4O. The molecule has 5 aliphatic rings. The number of nitrogens with one attached hydrogen (secondary N) is 1. The third-order valence-electron chi connectivity index (χ3n) is 7.36. The maximum atomic E-state index is 13.3. The summed E-state index contributed by atoms with van der Waals surface area (Å²) < 4.78 is 2.09. The van der Waals surface area contributed by atoms with Gasteiger partial charge in [0.1, 0.15) is 12.7 Å². The largest absolute Gasteiger partial charge is 0.353 e. The van der Waals surface area contributed by atoms with E-state index in [1.807, 2.05) is 6.33 Å². The number of carbonyl (C=O) groups excluding carboxylic acids is 1. The number of rotatable bonds is 3. The zero-order chi connectivity index (χ0) is 16.2. The Hall–Kier alpha value is -1.39. The van der Waals surface area contributed by atoms with Gasteiger partial charge in [0.15, 0.2) is 0 Å². The van der Waals surface area contributed by atoms with Crippen molar-refractivity contribution in [1.82, 2.24) is 20.1 Å². The third-order valence-corrected chi connectivity index (χ3v) is 7.36. The Morgan fingerprint density at radius 3 is 2.50 bits per heavy atom. The highest BCUT2D eigenvalue weighted by atomic mass is 16.2. The summed E-state index contributed by atoms with van der Waals surface area (Å²) in [6.45, 7) is 0. The minimum Gasteiger partial charge on any atom is -0.353 e. The van der Waals surface area contributed by atoms with E-state index >= 15 is 0 Å². The molecule has 1 aromatic heterocycles. The second-order valence-corrected chi connectivity index (χ2v) is 9.11.